The van der Waals surface area contributed by atoms with Gasteiger partial charge in [0, 0.05) is 21.0 Å². The van der Waals surface area contributed by atoms with E-state index in [-0.39, 0.29) is 22.1 Å². The zero-order valence-corrected chi connectivity index (χ0v) is 25.4. The molecule has 3 atom stereocenters. The summed E-state index contributed by atoms with van der Waals surface area (Å²) in [6, 6.07) is 17.1. The Kier molecular flexibility index (Phi) is 7.58. The average molecular weight is 693 g/mol. The number of rotatable bonds is 5. The molecule has 2 aliphatic rings. The smallest absolute Gasteiger partial charge is 0.308 e. The van der Waals surface area contributed by atoms with Crippen LogP contribution in [0.1, 0.15) is 16.4 Å². The van der Waals surface area contributed by atoms with Gasteiger partial charge < -0.3 is 5.32 Å². The Balaban J connectivity index is 1.40. The second-order valence-electron chi connectivity index (χ2n) is 9.38. The number of nitrogens with zero attached hydrogens (tertiary/aromatic N) is 2. The van der Waals surface area contributed by atoms with Crippen molar-refractivity contribution in [2.45, 2.75) is 22.7 Å². The number of thiazole rings is 1. The topological polar surface area (TPSA) is 88.5 Å². The number of fused-ring (bicyclic) bond motifs is 2. The van der Waals surface area contributed by atoms with Gasteiger partial charge >= 0.3 is 4.87 Å². The molecule has 6 rings (SSSR count). The molecular formula is C28H17BrCl2FN3O4S2. The standard InChI is InChI=1S/C28H17BrCl2FN3O4S2/c29-14-3-1-13(2-4-14)21-22-23(26(38)35(25(22)37)17-8-5-15(32)6-9-17)40-27-24(21)41-28(39)34(27)12-20(36)33-16-7-10-18(30)19(31)11-16/h1-11,21-23H,12H2,(H,33,36)/t21-,22?,23?/m1/s1. The number of carbonyl (C=O) groups excluding carboxylic acids is 3. The van der Waals surface area contributed by atoms with Gasteiger partial charge in [-0.05, 0) is 60.2 Å². The Morgan fingerprint density at radius 1 is 0.951 bits per heavy atom. The molecule has 1 aromatic heterocycles. The van der Waals surface area contributed by atoms with Crippen molar-refractivity contribution in [3.63, 3.8) is 0 Å². The van der Waals surface area contributed by atoms with Crippen LogP contribution in [0.4, 0.5) is 15.8 Å². The van der Waals surface area contributed by atoms with E-state index in [0.29, 0.717) is 20.6 Å². The number of nitrogens with one attached hydrogen (secondary N) is 1. The normalized spacial score (nSPS) is 19.7. The van der Waals surface area contributed by atoms with E-state index in [0.717, 1.165) is 38.0 Å². The summed E-state index contributed by atoms with van der Waals surface area (Å²) >= 11 is 17.5. The predicted molar refractivity (Wildman–Crippen MR) is 162 cm³/mol. The number of amides is 3. The molecular weight excluding hydrogens is 676 g/mol. The maximum Gasteiger partial charge on any atom is 0.308 e. The molecule has 208 valence electrons. The van der Waals surface area contributed by atoms with Crippen LogP contribution >= 0.6 is 62.2 Å². The molecule has 0 spiro atoms. The summed E-state index contributed by atoms with van der Waals surface area (Å²) in [6.07, 6.45) is 0. The average Bonchev–Trinajstić information content (AvgIpc) is 3.38. The number of carbonyl (C=O) groups is 3. The summed E-state index contributed by atoms with van der Waals surface area (Å²) in [4.78, 5) is 55.1. The minimum atomic E-state index is -0.855. The highest BCUT2D eigenvalue weighted by Gasteiger charge is 2.56. The molecule has 0 aliphatic carbocycles. The summed E-state index contributed by atoms with van der Waals surface area (Å²) in [6.45, 7) is -0.313. The Labute approximate surface area is 259 Å². The monoisotopic (exact) mass is 691 g/mol. The van der Waals surface area contributed by atoms with Crippen molar-refractivity contribution in [2.75, 3.05) is 10.2 Å². The fourth-order valence-corrected chi connectivity index (χ4v) is 8.38. The van der Waals surface area contributed by atoms with Gasteiger partial charge in [-0.2, -0.15) is 0 Å². The van der Waals surface area contributed by atoms with Crippen LogP contribution in [-0.2, 0) is 20.9 Å². The lowest BCUT2D eigenvalue weighted by atomic mass is 9.83. The summed E-state index contributed by atoms with van der Waals surface area (Å²) in [5.41, 5.74) is 1.43. The largest absolute Gasteiger partial charge is 0.324 e. The van der Waals surface area contributed by atoms with Gasteiger partial charge in [-0.3, -0.25) is 23.7 Å². The summed E-state index contributed by atoms with van der Waals surface area (Å²) < 4.78 is 15.8. The number of hydrogen-bond donors (Lipinski definition) is 1. The van der Waals surface area contributed by atoms with Crippen LogP contribution in [0.2, 0.25) is 10.0 Å². The van der Waals surface area contributed by atoms with Crippen molar-refractivity contribution in [3.8, 4) is 0 Å². The molecule has 1 saturated heterocycles. The summed E-state index contributed by atoms with van der Waals surface area (Å²) in [5, 5.41) is 2.92. The second-order valence-corrected chi connectivity index (χ2v) is 13.2. The van der Waals surface area contributed by atoms with Crippen molar-refractivity contribution >= 4 is 91.3 Å². The first-order chi connectivity index (χ1) is 19.6. The SMILES string of the molecule is O=C(Cn1c2c(sc1=O)[C@H](c1ccc(Br)cc1)C1C(=O)N(c3ccc(F)cc3)C(=O)C1S2)Nc1ccc(Cl)c(Cl)c1. The molecule has 3 aromatic carbocycles. The third kappa shape index (κ3) is 5.14. The maximum atomic E-state index is 13.8. The first-order valence-electron chi connectivity index (χ1n) is 12.2. The fraction of sp³-hybridized carbons (Fsp3) is 0.143. The van der Waals surface area contributed by atoms with E-state index >= 15 is 0 Å². The Hall–Kier alpha value is -2.96. The third-order valence-corrected chi connectivity index (χ3v) is 10.7. The molecule has 0 radical (unpaired) electrons. The minimum absolute atomic E-state index is 0.267. The lowest BCUT2D eigenvalue weighted by Gasteiger charge is -2.30. The number of anilines is 2. The van der Waals surface area contributed by atoms with Crippen LogP contribution < -0.4 is 15.1 Å². The van der Waals surface area contributed by atoms with Gasteiger partial charge in [-0.25, -0.2) is 9.29 Å². The Bertz CT molecular complexity index is 1780. The molecule has 3 heterocycles. The molecule has 4 aromatic rings. The van der Waals surface area contributed by atoms with E-state index in [1.54, 1.807) is 12.1 Å². The zero-order valence-electron chi connectivity index (χ0n) is 20.6. The predicted octanol–water partition coefficient (Wildman–Crippen LogP) is 6.55. The summed E-state index contributed by atoms with van der Waals surface area (Å²) in [7, 11) is 0. The van der Waals surface area contributed by atoms with E-state index in [1.807, 2.05) is 24.3 Å². The highest BCUT2D eigenvalue weighted by Crippen LogP contribution is 2.54. The first-order valence-corrected chi connectivity index (χ1v) is 15.4. The van der Waals surface area contributed by atoms with Crippen LogP contribution in [0.25, 0.3) is 0 Å². The van der Waals surface area contributed by atoms with Crippen LogP contribution in [0.3, 0.4) is 0 Å². The Morgan fingerprint density at radius 2 is 1.66 bits per heavy atom. The molecule has 0 saturated carbocycles. The van der Waals surface area contributed by atoms with Crippen molar-refractivity contribution < 1.29 is 18.8 Å². The second kappa shape index (κ2) is 11.0. The van der Waals surface area contributed by atoms with E-state index in [1.165, 1.54) is 34.9 Å². The lowest BCUT2D eigenvalue weighted by Crippen LogP contribution is -2.33. The van der Waals surface area contributed by atoms with Gasteiger partial charge in [0.2, 0.25) is 17.7 Å². The van der Waals surface area contributed by atoms with Crippen LogP contribution in [0.5, 0.6) is 0 Å². The molecule has 41 heavy (non-hydrogen) atoms. The minimum Gasteiger partial charge on any atom is -0.324 e. The van der Waals surface area contributed by atoms with Crippen molar-refractivity contribution in [3.05, 3.63) is 107 Å². The van der Waals surface area contributed by atoms with Crippen molar-refractivity contribution in [1.29, 1.82) is 0 Å². The van der Waals surface area contributed by atoms with Gasteiger partial charge in [0.05, 0.1) is 26.7 Å². The van der Waals surface area contributed by atoms with Gasteiger partial charge in [-0.1, -0.05) is 74.4 Å². The molecule has 1 N–H and O–H groups in total. The number of halogens is 4. The fourth-order valence-electron chi connectivity index (χ4n) is 5.05. The molecule has 7 nitrogen and oxygen atoms in total. The Morgan fingerprint density at radius 3 is 2.34 bits per heavy atom. The third-order valence-electron chi connectivity index (χ3n) is 6.87. The van der Waals surface area contributed by atoms with E-state index < -0.39 is 40.6 Å². The molecule has 1 fully saturated rings. The molecule has 2 unspecified atom stereocenters. The van der Waals surface area contributed by atoms with Gasteiger partial charge in [-0.15, -0.1) is 0 Å². The number of aromatic nitrogens is 1. The zero-order chi connectivity index (χ0) is 29.0. The quantitative estimate of drug-likeness (QED) is 0.240. The van der Waals surface area contributed by atoms with Crippen LogP contribution in [0, 0.1) is 11.7 Å². The number of hydrogen-bond acceptors (Lipinski definition) is 6. The summed E-state index contributed by atoms with van der Waals surface area (Å²) in [5.74, 6) is -3.27. The number of thioether (sulfide) groups is 1. The first kappa shape index (κ1) is 28.2. The highest BCUT2D eigenvalue weighted by atomic mass is 79.9. The molecule has 13 heteroatoms. The molecule has 0 bridgehead atoms. The van der Waals surface area contributed by atoms with Gasteiger partial charge in [0.25, 0.3) is 0 Å². The molecule has 3 amide bonds. The van der Waals surface area contributed by atoms with E-state index in [2.05, 4.69) is 21.2 Å². The van der Waals surface area contributed by atoms with Crippen LogP contribution in [-0.4, -0.2) is 27.5 Å². The van der Waals surface area contributed by atoms with Gasteiger partial charge in [0.1, 0.15) is 17.6 Å². The van der Waals surface area contributed by atoms with Crippen molar-refractivity contribution in [1.82, 2.24) is 4.57 Å². The lowest BCUT2D eigenvalue weighted by molar-refractivity contribution is -0.122. The van der Waals surface area contributed by atoms with E-state index in [4.69, 9.17) is 23.2 Å². The van der Waals surface area contributed by atoms with Crippen molar-refractivity contribution in [2.24, 2.45) is 5.92 Å². The van der Waals surface area contributed by atoms with E-state index in [9.17, 15) is 23.6 Å². The molecule has 2 aliphatic heterocycles. The van der Waals surface area contributed by atoms with Gasteiger partial charge in [0.15, 0.2) is 0 Å². The number of benzene rings is 3. The maximum absolute atomic E-state index is 13.8. The number of imide groups is 1. The highest BCUT2D eigenvalue weighted by molar-refractivity contribution is 9.10. The van der Waals surface area contributed by atoms with Crippen LogP contribution in [0.15, 0.2) is 81.0 Å².